The lowest BCUT2D eigenvalue weighted by molar-refractivity contribution is 0.0946. The average molecular weight is 316 g/mol. The van der Waals surface area contributed by atoms with Crippen LogP contribution in [-0.2, 0) is 21.3 Å². The third-order valence-corrected chi connectivity index (χ3v) is 5.72. The minimum Gasteiger partial charge on any atom is -0.464 e. The van der Waals surface area contributed by atoms with Crippen LogP contribution in [0.2, 0.25) is 0 Å². The van der Waals surface area contributed by atoms with Gasteiger partial charge in [0.1, 0.15) is 16.4 Å². The molecule has 2 heterocycles. The van der Waals surface area contributed by atoms with Crippen molar-refractivity contribution >= 4 is 10.0 Å². The summed E-state index contributed by atoms with van der Waals surface area (Å²) in [6, 6.07) is 1.61. The number of nitrogens with zero attached hydrogens (tertiary/aromatic N) is 1. The second-order valence-electron chi connectivity index (χ2n) is 5.25. The van der Waals surface area contributed by atoms with Gasteiger partial charge in [0.15, 0.2) is 0 Å². The van der Waals surface area contributed by atoms with Crippen LogP contribution in [0.25, 0.3) is 0 Å². The van der Waals surface area contributed by atoms with Crippen LogP contribution < -0.4 is 5.32 Å². The van der Waals surface area contributed by atoms with Crippen LogP contribution in [0.3, 0.4) is 0 Å². The van der Waals surface area contributed by atoms with Gasteiger partial charge in [-0.15, -0.1) is 0 Å². The number of hydrogen-bond acceptors (Lipinski definition) is 5. The molecule has 7 heteroatoms. The van der Waals surface area contributed by atoms with Crippen molar-refractivity contribution in [2.45, 2.75) is 44.2 Å². The fourth-order valence-electron chi connectivity index (χ4n) is 2.59. The first-order valence-electron chi connectivity index (χ1n) is 7.34. The zero-order valence-corrected chi connectivity index (χ0v) is 13.7. The highest BCUT2D eigenvalue weighted by Crippen LogP contribution is 2.25. The molecule has 1 saturated heterocycles. The van der Waals surface area contributed by atoms with Crippen molar-refractivity contribution in [3.63, 3.8) is 0 Å². The topological polar surface area (TPSA) is 71.8 Å². The maximum absolute atomic E-state index is 12.8. The summed E-state index contributed by atoms with van der Waals surface area (Å²) in [6.45, 7) is 5.59. The molecule has 1 unspecified atom stereocenters. The van der Waals surface area contributed by atoms with Gasteiger partial charge in [-0.2, -0.15) is 4.31 Å². The van der Waals surface area contributed by atoms with E-state index in [4.69, 9.17) is 9.15 Å². The molecule has 0 aliphatic carbocycles. The molecule has 0 amide bonds. The molecule has 0 bridgehead atoms. The SMILES string of the molecule is CCN(CC1CCCO1)S(=O)(=O)c1cc(CNC)oc1C. The number of likely N-dealkylation sites (N-methyl/N-ethyl adjacent to an activating group) is 1. The van der Waals surface area contributed by atoms with E-state index in [-0.39, 0.29) is 11.0 Å². The van der Waals surface area contributed by atoms with Crippen LogP contribution in [0.1, 0.15) is 31.3 Å². The number of nitrogens with one attached hydrogen (secondary N) is 1. The van der Waals surface area contributed by atoms with Gasteiger partial charge in [-0.25, -0.2) is 8.42 Å². The van der Waals surface area contributed by atoms with Crippen LogP contribution in [0.15, 0.2) is 15.4 Å². The minimum absolute atomic E-state index is 0.00344. The predicted octanol–water partition coefficient (Wildman–Crippen LogP) is 1.50. The monoisotopic (exact) mass is 316 g/mol. The second kappa shape index (κ2) is 6.91. The van der Waals surface area contributed by atoms with Crippen molar-refractivity contribution in [2.24, 2.45) is 0 Å². The highest BCUT2D eigenvalue weighted by atomic mass is 32.2. The van der Waals surface area contributed by atoms with Crippen molar-refractivity contribution in [1.29, 1.82) is 0 Å². The van der Waals surface area contributed by atoms with Crippen LogP contribution in [0, 0.1) is 6.92 Å². The molecule has 6 nitrogen and oxygen atoms in total. The van der Waals surface area contributed by atoms with E-state index in [0.29, 0.717) is 31.2 Å². The molecule has 0 radical (unpaired) electrons. The van der Waals surface area contributed by atoms with E-state index in [9.17, 15) is 8.42 Å². The number of ether oxygens (including phenoxy) is 1. The molecular weight excluding hydrogens is 292 g/mol. The molecule has 1 fully saturated rings. The fourth-order valence-corrected chi connectivity index (χ4v) is 4.26. The molecule has 1 aliphatic heterocycles. The lowest BCUT2D eigenvalue weighted by atomic mass is 10.2. The van der Waals surface area contributed by atoms with Crippen molar-refractivity contribution in [3.8, 4) is 0 Å². The quantitative estimate of drug-likeness (QED) is 0.825. The van der Waals surface area contributed by atoms with Crippen molar-refractivity contribution in [3.05, 3.63) is 17.6 Å². The summed E-state index contributed by atoms with van der Waals surface area (Å²) in [4.78, 5) is 0.257. The van der Waals surface area contributed by atoms with E-state index in [1.165, 1.54) is 4.31 Å². The summed E-state index contributed by atoms with van der Waals surface area (Å²) in [5, 5.41) is 2.96. The number of aryl methyl sites for hydroxylation is 1. The maximum atomic E-state index is 12.8. The molecular formula is C14H24N2O4S. The van der Waals surface area contributed by atoms with Crippen molar-refractivity contribution in [2.75, 3.05) is 26.7 Å². The first-order chi connectivity index (χ1) is 9.98. The van der Waals surface area contributed by atoms with Gasteiger partial charge in [0.05, 0.1) is 12.6 Å². The summed E-state index contributed by atoms with van der Waals surface area (Å²) in [7, 11) is -1.74. The molecule has 0 aromatic carbocycles. The zero-order valence-electron chi connectivity index (χ0n) is 12.9. The van der Waals surface area contributed by atoms with Gasteiger partial charge in [-0.3, -0.25) is 0 Å². The fraction of sp³-hybridized carbons (Fsp3) is 0.714. The summed E-state index contributed by atoms with van der Waals surface area (Å²) in [6.07, 6.45) is 1.92. The molecule has 120 valence electrons. The Bertz CT molecular complexity index is 562. The Kier molecular flexibility index (Phi) is 5.43. The lowest BCUT2D eigenvalue weighted by Gasteiger charge is -2.23. The molecule has 1 N–H and O–H groups in total. The third-order valence-electron chi connectivity index (χ3n) is 3.68. The summed E-state index contributed by atoms with van der Waals surface area (Å²) in [5.41, 5.74) is 0. The molecule has 2 rings (SSSR count). The highest BCUT2D eigenvalue weighted by molar-refractivity contribution is 7.89. The van der Waals surface area contributed by atoms with Gasteiger partial charge < -0.3 is 14.5 Å². The van der Waals surface area contributed by atoms with E-state index < -0.39 is 10.0 Å². The maximum Gasteiger partial charge on any atom is 0.246 e. The molecule has 0 spiro atoms. The largest absolute Gasteiger partial charge is 0.464 e. The Morgan fingerprint density at radius 1 is 1.48 bits per heavy atom. The minimum atomic E-state index is -3.53. The van der Waals surface area contributed by atoms with Gasteiger partial charge in [0.25, 0.3) is 0 Å². The van der Waals surface area contributed by atoms with Crippen molar-refractivity contribution in [1.82, 2.24) is 9.62 Å². The van der Waals surface area contributed by atoms with Gasteiger partial charge in [-0.05, 0) is 26.8 Å². The van der Waals surface area contributed by atoms with Gasteiger partial charge >= 0.3 is 0 Å². The Labute approximate surface area is 126 Å². The van der Waals surface area contributed by atoms with Gasteiger partial charge in [-0.1, -0.05) is 6.92 Å². The molecule has 1 aromatic heterocycles. The van der Waals surface area contributed by atoms with Gasteiger partial charge in [0, 0.05) is 25.8 Å². The van der Waals surface area contributed by atoms with Crippen LogP contribution in [0.4, 0.5) is 0 Å². The number of furan rings is 1. The number of sulfonamides is 1. The Balaban J connectivity index is 2.21. The lowest BCUT2D eigenvalue weighted by Crippen LogP contribution is -2.37. The van der Waals surface area contributed by atoms with E-state index >= 15 is 0 Å². The predicted molar refractivity (Wildman–Crippen MR) is 79.6 cm³/mol. The molecule has 21 heavy (non-hydrogen) atoms. The summed E-state index contributed by atoms with van der Waals surface area (Å²) in [5.74, 6) is 1.06. The third kappa shape index (κ3) is 3.66. The van der Waals surface area contributed by atoms with Crippen molar-refractivity contribution < 1.29 is 17.6 Å². The van der Waals surface area contributed by atoms with E-state index in [2.05, 4.69) is 5.32 Å². The molecule has 1 aromatic rings. The average Bonchev–Trinajstić information content (AvgIpc) is 3.06. The Hall–Kier alpha value is -0.890. The molecule has 1 atom stereocenters. The molecule has 0 saturated carbocycles. The first kappa shape index (κ1) is 16.5. The van der Waals surface area contributed by atoms with Crippen LogP contribution in [-0.4, -0.2) is 45.6 Å². The van der Waals surface area contributed by atoms with Crippen LogP contribution >= 0.6 is 0 Å². The Morgan fingerprint density at radius 3 is 2.81 bits per heavy atom. The normalized spacial score (nSPS) is 19.5. The van der Waals surface area contributed by atoms with E-state index in [1.807, 2.05) is 6.92 Å². The van der Waals surface area contributed by atoms with Gasteiger partial charge in [0.2, 0.25) is 10.0 Å². The second-order valence-corrected chi connectivity index (χ2v) is 7.16. The molecule has 1 aliphatic rings. The summed E-state index contributed by atoms with van der Waals surface area (Å²) >= 11 is 0. The Morgan fingerprint density at radius 2 is 2.24 bits per heavy atom. The van der Waals surface area contributed by atoms with E-state index in [1.54, 1.807) is 20.0 Å². The van der Waals surface area contributed by atoms with E-state index in [0.717, 1.165) is 19.4 Å². The smallest absolute Gasteiger partial charge is 0.246 e. The van der Waals surface area contributed by atoms with Crippen LogP contribution in [0.5, 0.6) is 0 Å². The summed E-state index contributed by atoms with van der Waals surface area (Å²) < 4.78 is 38.1. The number of rotatable bonds is 7. The first-order valence-corrected chi connectivity index (χ1v) is 8.78. The zero-order chi connectivity index (χ0) is 15.5. The highest BCUT2D eigenvalue weighted by Gasteiger charge is 2.30. The number of hydrogen-bond donors (Lipinski definition) is 1. The standard InChI is InChI=1S/C14H24N2O4S/c1-4-16(10-12-6-5-7-19-12)21(17,18)14-8-13(9-15-3)20-11(14)2/h8,12,15H,4-7,9-10H2,1-3H3.